The maximum Gasteiger partial charge on any atom is 0.339 e. The first-order valence-electron chi connectivity index (χ1n) is 9.19. The number of hydrogen-bond donors (Lipinski definition) is 0. The van der Waals surface area contributed by atoms with Crippen LogP contribution in [0.15, 0.2) is 26.0 Å². The van der Waals surface area contributed by atoms with Crippen LogP contribution in [0, 0.1) is 20.8 Å². The summed E-state index contributed by atoms with van der Waals surface area (Å²) in [6, 6.07) is 2.03. The highest BCUT2D eigenvalue weighted by atomic mass is 16.4. The molecule has 5 heteroatoms. The molecule has 3 aromatic rings. The van der Waals surface area contributed by atoms with Gasteiger partial charge in [-0.2, -0.15) is 0 Å². The van der Waals surface area contributed by atoms with Crippen LogP contribution < -0.4 is 5.63 Å². The first-order chi connectivity index (χ1) is 12.5. The van der Waals surface area contributed by atoms with Gasteiger partial charge in [-0.1, -0.05) is 0 Å². The second-order valence-electron chi connectivity index (χ2n) is 7.25. The second kappa shape index (κ2) is 6.31. The average molecular weight is 353 g/mol. The fourth-order valence-corrected chi connectivity index (χ4v) is 3.96. The van der Waals surface area contributed by atoms with Gasteiger partial charge in [-0.15, -0.1) is 0 Å². The largest absolute Gasteiger partial charge is 0.464 e. The first-order valence-corrected chi connectivity index (χ1v) is 9.19. The zero-order valence-corrected chi connectivity index (χ0v) is 15.5. The molecule has 0 aliphatic carbocycles. The molecule has 0 N–H and O–H groups in total. The van der Waals surface area contributed by atoms with Crippen molar-refractivity contribution in [2.75, 3.05) is 13.1 Å². The van der Waals surface area contributed by atoms with Crippen molar-refractivity contribution < 1.29 is 13.6 Å². The summed E-state index contributed by atoms with van der Waals surface area (Å²) in [4.78, 5) is 26.8. The Hall–Kier alpha value is -2.56. The molecule has 2 aromatic heterocycles. The minimum Gasteiger partial charge on any atom is -0.464 e. The van der Waals surface area contributed by atoms with Gasteiger partial charge in [-0.25, -0.2) is 4.79 Å². The SMILES string of the molecule is Cc1coc2c(C)c3oc(=O)c(CCC(=O)N4CCCC4)c(C)c3cc12. The molecule has 4 rings (SSSR count). The molecule has 1 amide bonds. The Kier molecular flexibility index (Phi) is 4.10. The summed E-state index contributed by atoms with van der Waals surface area (Å²) in [6.45, 7) is 7.52. The Morgan fingerprint density at radius 2 is 1.81 bits per heavy atom. The van der Waals surface area contributed by atoms with E-state index in [9.17, 15) is 9.59 Å². The maximum absolute atomic E-state index is 12.6. The summed E-state index contributed by atoms with van der Waals surface area (Å²) in [5.41, 5.74) is 4.38. The second-order valence-corrected chi connectivity index (χ2v) is 7.25. The number of nitrogens with zero attached hydrogens (tertiary/aromatic N) is 1. The van der Waals surface area contributed by atoms with Crippen molar-refractivity contribution in [3.05, 3.63) is 45.0 Å². The molecule has 3 heterocycles. The van der Waals surface area contributed by atoms with E-state index in [2.05, 4.69) is 0 Å². The Morgan fingerprint density at radius 3 is 2.54 bits per heavy atom. The fraction of sp³-hybridized carbons (Fsp3) is 0.429. The normalized spacial score (nSPS) is 14.7. The molecule has 0 saturated carbocycles. The van der Waals surface area contributed by atoms with Crippen LogP contribution in [0.3, 0.4) is 0 Å². The van der Waals surface area contributed by atoms with Crippen LogP contribution in [0.25, 0.3) is 21.9 Å². The number of amides is 1. The third-order valence-electron chi connectivity index (χ3n) is 5.58. The zero-order chi connectivity index (χ0) is 18.4. The predicted octanol–water partition coefficient (Wildman–Crippen LogP) is 4.02. The third-order valence-corrected chi connectivity index (χ3v) is 5.58. The number of aryl methyl sites for hydroxylation is 3. The fourth-order valence-electron chi connectivity index (χ4n) is 3.96. The quantitative estimate of drug-likeness (QED) is 0.667. The van der Waals surface area contributed by atoms with E-state index in [-0.39, 0.29) is 11.5 Å². The molecule has 0 radical (unpaired) electrons. The van der Waals surface area contributed by atoms with Gasteiger partial charge in [0.2, 0.25) is 5.91 Å². The monoisotopic (exact) mass is 353 g/mol. The van der Waals surface area contributed by atoms with Crippen LogP contribution in [-0.2, 0) is 11.2 Å². The van der Waals surface area contributed by atoms with Crippen molar-refractivity contribution in [1.29, 1.82) is 0 Å². The number of furan rings is 1. The molecule has 0 atom stereocenters. The average Bonchev–Trinajstić information content (AvgIpc) is 3.26. The number of fused-ring (bicyclic) bond motifs is 2. The lowest BCUT2D eigenvalue weighted by atomic mass is 9.98. The predicted molar refractivity (Wildman–Crippen MR) is 101 cm³/mol. The van der Waals surface area contributed by atoms with Gasteiger partial charge in [0.05, 0.1) is 6.26 Å². The molecule has 26 heavy (non-hydrogen) atoms. The molecular formula is C21H23NO4. The van der Waals surface area contributed by atoms with Crippen LogP contribution in [0.1, 0.15) is 41.5 Å². The molecule has 0 unspecified atom stereocenters. The standard InChI is InChI=1S/C21H23NO4/c1-12-11-25-19-14(3)20-17(10-16(12)19)13(2)15(21(24)26-20)6-7-18(23)22-8-4-5-9-22/h10-11H,4-9H2,1-3H3. The lowest BCUT2D eigenvalue weighted by Gasteiger charge is -2.15. The summed E-state index contributed by atoms with van der Waals surface area (Å²) in [5, 5.41) is 1.95. The van der Waals surface area contributed by atoms with Crippen LogP contribution >= 0.6 is 0 Å². The molecule has 1 aromatic carbocycles. The van der Waals surface area contributed by atoms with Gasteiger partial charge in [0, 0.05) is 41.4 Å². The van der Waals surface area contributed by atoms with Crippen LogP contribution in [0.2, 0.25) is 0 Å². The Morgan fingerprint density at radius 1 is 1.08 bits per heavy atom. The molecule has 0 bridgehead atoms. The molecule has 0 spiro atoms. The van der Waals surface area contributed by atoms with E-state index >= 15 is 0 Å². The van der Waals surface area contributed by atoms with Crippen molar-refractivity contribution in [2.24, 2.45) is 0 Å². The Bertz CT molecular complexity index is 1070. The van der Waals surface area contributed by atoms with Crippen molar-refractivity contribution in [2.45, 2.75) is 46.5 Å². The van der Waals surface area contributed by atoms with Crippen molar-refractivity contribution in [3.63, 3.8) is 0 Å². The van der Waals surface area contributed by atoms with Crippen LogP contribution in [0.5, 0.6) is 0 Å². The first kappa shape index (κ1) is 16.9. The van der Waals surface area contributed by atoms with E-state index in [1.165, 1.54) is 0 Å². The molecule has 1 aliphatic heterocycles. The topological polar surface area (TPSA) is 63.7 Å². The Labute approximate surface area is 151 Å². The molecule has 1 saturated heterocycles. The Balaban J connectivity index is 1.75. The minimum atomic E-state index is -0.352. The summed E-state index contributed by atoms with van der Waals surface area (Å²) < 4.78 is 11.3. The highest BCUT2D eigenvalue weighted by Crippen LogP contribution is 2.32. The van der Waals surface area contributed by atoms with Crippen LogP contribution in [-0.4, -0.2) is 23.9 Å². The number of carbonyl (C=O) groups excluding carboxylic acids is 1. The molecule has 5 nitrogen and oxygen atoms in total. The number of hydrogen-bond acceptors (Lipinski definition) is 4. The van der Waals surface area contributed by atoms with Gasteiger partial charge < -0.3 is 13.7 Å². The van der Waals surface area contributed by atoms with Gasteiger partial charge in [0.15, 0.2) is 0 Å². The van der Waals surface area contributed by atoms with E-state index in [0.717, 1.165) is 59.0 Å². The highest BCUT2D eigenvalue weighted by Gasteiger charge is 2.21. The smallest absolute Gasteiger partial charge is 0.339 e. The van der Waals surface area contributed by atoms with E-state index in [1.54, 1.807) is 6.26 Å². The van der Waals surface area contributed by atoms with E-state index in [1.807, 2.05) is 31.7 Å². The van der Waals surface area contributed by atoms with Gasteiger partial charge in [0.1, 0.15) is 11.2 Å². The minimum absolute atomic E-state index is 0.124. The van der Waals surface area contributed by atoms with E-state index in [0.29, 0.717) is 24.0 Å². The van der Waals surface area contributed by atoms with E-state index < -0.39 is 0 Å². The lowest BCUT2D eigenvalue weighted by molar-refractivity contribution is -0.130. The third kappa shape index (κ3) is 2.62. The van der Waals surface area contributed by atoms with Crippen molar-refractivity contribution in [1.82, 2.24) is 4.90 Å². The highest BCUT2D eigenvalue weighted by molar-refractivity contribution is 5.99. The van der Waals surface area contributed by atoms with Gasteiger partial charge >= 0.3 is 5.63 Å². The number of benzene rings is 1. The summed E-state index contributed by atoms with van der Waals surface area (Å²) in [6.07, 6.45) is 4.63. The lowest BCUT2D eigenvalue weighted by Crippen LogP contribution is -2.28. The molecule has 136 valence electrons. The summed E-state index contributed by atoms with van der Waals surface area (Å²) in [5.74, 6) is 0.124. The molecule has 1 aliphatic rings. The number of likely N-dealkylation sites (tertiary alicyclic amines) is 1. The van der Waals surface area contributed by atoms with Crippen LogP contribution in [0.4, 0.5) is 0 Å². The van der Waals surface area contributed by atoms with Gasteiger partial charge in [-0.3, -0.25) is 4.79 Å². The molecular weight excluding hydrogens is 330 g/mol. The van der Waals surface area contributed by atoms with E-state index in [4.69, 9.17) is 8.83 Å². The molecule has 1 fully saturated rings. The number of rotatable bonds is 3. The summed E-state index contributed by atoms with van der Waals surface area (Å²) in [7, 11) is 0. The van der Waals surface area contributed by atoms with Gasteiger partial charge in [0.25, 0.3) is 0 Å². The summed E-state index contributed by atoms with van der Waals surface area (Å²) >= 11 is 0. The zero-order valence-electron chi connectivity index (χ0n) is 15.5. The van der Waals surface area contributed by atoms with Crippen molar-refractivity contribution >= 4 is 27.8 Å². The van der Waals surface area contributed by atoms with Crippen molar-refractivity contribution in [3.8, 4) is 0 Å². The van der Waals surface area contributed by atoms with Gasteiger partial charge in [-0.05, 0) is 57.2 Å². The maximum atomic E-state index is 12.6. The number of carbonyl (C=O) groups is 1.